The fourth-order valence-corrected chi connectivity index (χ4v) is 5.80. The standard InChI is InChI=1S/C23H24Cl2N6O/c1-23(32)14-5-6-15(23)12-30(11-14)20-8-18-13(7-17(20)24)9-26-22(28-18)29-19-10-27-31(21(19)25)16-3-2-4-16/h2-3,7-10,14-16,32H,4-6,11-12H2,1H3,(H,26,28,29)/t14-,15+,16?,23+. The summed E-state index contributed by atoms with van der Waals surface area (Å²) in [5.41, 5.74) is 1.85. The maximum Gasteiger partial charge on any atom is 0.227 e. The Bertz CT molecular complexity index is 1220. The number of nitrogens with zero attached hydrogens (tertiary/aromatic N) is 5. The lowest BCUT2D eigenvalue weighted by atomic mass is 9.82. The highest BCUT2D eigenvalue weighted by molar-refractivity contribution is 6.34. The van der Waals surface area contributed by atoms with Gasteiger partial charge in [0.2, 0.25) is 5.95 Å². The van der Waals surface area contributed by atoms with Gasteiger partial charge in [-0.15, -0.1) is 0 Å². The third-order valence-electron chi connectivity index (χ3n) is 7.42. The van der Waals surface area contributed by atoms with Crippen LogP contribution in [0, 0.1) is 11.8 Å². The van der Waals surface area contributed by atoms with Crippen molar-refractivity contribution in [1.29, 1.82) is 0 Å². The summed E-state index contributed by atoms with van der Waals surface area (Å²) >= 11 is 13.2. The fourth-order valence-electron chi connectivity index (χ4n) is 5.24. The number of aromatic nitrogens is 4. The lowest BCUT2D eigenvalue weighted by Crippen LogP contribution is -2.52. The molecule has 1 aliphatic heterocycles. The van der Waals surface area contributed by atoms with Crippen LogP contribution in [0.3, 0.4) is 0 Å². The molecule has 2 bridgehead atoms. The summed E-state index contributed by atoms with van der Waals surface area (Å²) in [4.78, 5) is 11.4. The molecule has 1 aromatic carbocycles. The maximum absolute atomic E-state index is 10.8. The van der Waals surface area contributed by atoms with Gasteiger partial charge in [0, 0.05) is 36.5 Å². The second-order valence-electron chi connectivity index (χ2n) is 9.31. The third-order valence-corrected chi connectivity index (χ3v) is 8.10. The molecule has 3 aromatic rings. The van der Waals surface area contributed by atoms with Gasteiger partial charge in [-0.25, -0.2) is 14.6 Å². The van der Waals surface area contributed by atoms with Crippen LogP contribution in [0.15, 0.2) is 36.7 Å². The van der Waals surface area contributed by atoms with E-state index in [-0.39, 0.29) is 17.9 Å². The Morgan fingerprint density at radius 2 is 1.91 bits per heavy atom. The van der Waals surface area contributed by atoms with Crippen LogP contribution in [0.1, 0.15) is 32.2 Å². The van der Waals surface area contributed by atoms with E-state index in [4.69, 9.17) is 28.2 Å². The lowest BCUT2D eigenvalue weighted by molar-refractivity contribution is -0.0271. The molecule has 0 spiro atoms. The number of allylic oxidation sites excluding steroid dienone is 2. The first-order chi connectivity index (χ1) is 15.4. The third kappa shape index (κ3) is 3.17. The molecule has 1 unspecified atom stereocenters. The molecule has 2 aromatic heterocycles. The summed E-state index contributed by atoms with van der Waals surface area (Å²) in [7, 11) is 0. The summed E-state index contributed by atoms with van der Waals surface area (Å²) in [6.45, 7) is 3.58. The highest BCUT2D eigenvalue weighted by Crippen LogP contribution is 2.47. The van der Waals surface area contributed by atoms with Gasteiger partial charge < -0.3 is 15.3 Å². The Balaban J connectivity index is 1.29. The van der Waals surface area contributed by atoms with Crippen molar-refractivity contribution >= 4 is 51.4 Å². The number of aliphatic hydroxyl groups is 1. The molecule has 1 saturated heterocycles. The van der Waals surface area contributed by atoms with Gasteiger partial charge in [-0.05, 0) is 38.3 Å². The SMILES string of the molecule is C[C@]1(O)[C@@H]2CC[C@H]1CN(c1cc3nc(Nc4cnn(C5C=CC5)c4Cl)ncc3cc1Cl)C2. The van der Waals surface area contributed by atoms with Crippen LogP contribution in [0.2, 0.25) is 10.2 Å². The summed E-state index contributed by atoms with van der Waals surface area (Å²) in [5, 5.41) is 20.5. The van der Waals surface area contributed by atoms with Crippen molar-refractivity contribution in [3.8, 4) is 0 Å². The van der Waals surface area contributed by atoms with Crippen LogP contribution in [0.5, 0.6) is 0 Å². The van der Waals surface area contributed by atoms with E-state index in [0.717, 1.165) is 48.9 Å². The highest BCUT2D eigenvalue weighted by atomic mass is 35.5. The minimum Gasteiger partial charge on any atom is -0.389 e. The second kappa shape index (κ2) is 7.33. The summed E-state index contributed by atoms with van der Waals surface area (Å²) in [6, 6.07) is 4.15. The van der Waals surface area contributed by atoms with E-state index in [1.165, 1.54) is 0 Å². The normalized spacial score (nSPS) is 28.9. The van der Waals surface area contributed by atoms with Crippen molar-refractivity contribution in [2.45, 2.75) is 37.8 Å². The molecule has 2 aliphatic carbocycles. The zero-order valence-corrected chi connectivity index (χ0v) is 19.2. The lowest BCUT2D eigenvalue weighted by Gasteiger charge is -2.43. The Labute approximate surface area is 196 Å². The molecule has 3 heterocycles. The van der Waals surface area contributed by atoms with Gasteiger partial charge in [-0.3, -0.25) is 0 Å². The minimum atomic E-state index is -0.585. The highest BCUT2D eigenvalue weighted by Gasteiger charge is 2.49. The molecule has 0 radical (unpaired) electrons. The number of hydrogen-bond acceptors (Lipinski definition) is 6. The first-order valence-corrected chi connectivity index (χ1v) is 11.8. The summed E-state index contributed by atoms with van der Waals surface area (Å²) < 4.78 is 1.79. The molecule has 4 atom stereocenters. The predicted molar refractivity (Wildman–Crippen MR) is 127 cm³/mol. The average Bonchev–Trinajstić information content (AvgIpc) is 3.09. The zero-order chi connectivity index (χ0) is 22.0. The van der Waals surface area contributed by atoms with Gasteiger partial charge in [0.15, 0.2) is 5.15 Å². The van der Waals surface area contributed by atoms with E-state index >= 15 is 0 Å². The van der Waals surface area contributed by atoms with Gasteiger partial charge in [-0.1, -0.05) is 35.4 Å². The number of anilines is 3. The van der Waals surface area contributed by atoms with Gasteiger partial charge >= 0.3 is 0 Å². The smallest absolute Gasteiger partial charge is 0.227 e. The van der Waals surface area contributed by atoms with Crippen LogP contribution in [-0.4, -0.2) is 43.5 Å². The molecule has 6 rings (SSSR count). The number of halogens is 2. The van der Waals surface area contributed by atoms with Crippen molar-refractivity contribution in [2.24, 2.45) is 11.8 Å². The first kappa shape index (κ1) is 20.3. The Hall–Kier alpha value is -2.35. The molecule has 9 heteroatoms. The van der Waals surface area contributed by atoms with E-state index < -0.39 is 5.60 Å². The molecule has 0 amide bonds. The van der Waals surface area contributed by atoms with Gasteiger partial charge in [0.25, 0.3) is 0 Å². The quantitative estimate of drug-likeness (QED) is 0.523. The van der Waals surface area contributed by atoms with E-state index in [9.17, 15) is 5.11 Å². The molecular weight excluding hydrogens is 447 g/mol. The van der Waals surface area contributed by atoms with E-state index in [0.29, 0.717) is 21.8 Å². The number of rotatable bonds is 4. The largest absolute Gasteiger partial charge is 0.389 e. The van der Waals surface area contributed by atoms with Crippen molar-refractivity contribution < 1.29 is 5.11 Å². The van der Waals surface area contributed by atoms with E-state index in [2.05, 4.69) is 32.5 Å². The van der Waals surface area contributed by atoms with Crippen molar-refractivity contribution in [1.82, 2.24) is 19.7 Å². The van der Waals surface area contributed by atoms with Gasteiger partial charge in [0.05, 0.1) is 39.8 Å². The van der Waals surface area contributed by atoms with Gasteiger partial charge in [0.1, 0.15) is 0 Å². The maximum atomic E-state index is 10.8. The molecule has 166 valence electrons. The number of benzene rings is 1. The number of fused-ring (bicyclic) bond motifs is 3. The van der Waals surface area contributed by atoms with Crippen LogP contribution < -0.4 is 10.2 Å². The first-order valence-electron chi connectivity index (χ1n) is 11.0. The Morgan fingerprint density at radius 1 is 1.16 bits per heavy atom. The number of hydrogen-bond donors (Lipinski definition) is 2. The zero-order valence-electron chi connectivity index (χ0n) is 17.7. The molecule has 2 fully saturated rings. The van der Waals surface area contributed by atoms with Crippen LogP contribution in [0.4, 0.5) is 17.3 Å². The van der Waals surface area contributed by atoms with Crippen LogP contribution in [0.25, 0.3) is 10.9 Å². The molecular formula is C23H24Cl2N6O. The topological polar surface area (TPSA) is 79.1 Å². The summed E-state index contributed by atoms with van der Waals surface area (Å²) in [6.07, 6.45) is 10.7. The van der Waals surface area contributed by atoms with Crippen LogP contribution in [-0.2, 0) is 0 Å². The van der Waals surface area contributed by atoms with Crippen molar-refractivity contribution in [2.75, 3.05) is 23.3 Å². The number of piperidine rings is 1. The molecule has 7 nitrogen and oxygen atoms in total. The van der Waals surface area contributed by atoms with Crippen LogP contribution >= 0.6 is 23.2 Å². The molecule has 32 heavy (non-hydrogen) atoms. The molecule has 2 N–H and O–H groups in total. The fraction of sp³-hybridized carbons (Fsp3) is 0.435. The van der Waals surface area contributed by atoms with E-state index in [1.54, 1.807) is 17.1 Å². The second-order valence-corrected chi connectivity index (χ2v) is 10.1. The Kier molecular flexibility index (Phi) is 4.65. The van der Waals surface area contributed by atoms with Crippen molar-refractivity contribution in [3.63, 3.8) is 0 Å². The molecule has 3 aliphatic rings. The monoisotopic (exact) mass is 470 g/mol. The predicted octanol–water partition coefficient (Wildman–Crippen LogP) is 4.97. The number of nitrogens with one attached hydrogen (secondary N) is 1. The molecule has 1 saturated carbocycles. The average molecular weight is 471 g/mol. The Morgan fingerprint density at radius 3 is 2.59 bits per heavy atom. The van der Waals surface area contributed by atoms with Crippen molar-refractivity contribution in [3.05, 3.63) is 46.9 Å². The van der Waals surface area contributed by atoms with E-state index in [1.807, 2.05) is 19.1 Å². The summed E-state index contributed by atoms with van der Waals surface area (Å²) in [5.74, 6) is 0.984. The van der Waals surface area contributed by atoms with Gasteiger partial charge in [-0.2, -0.15) is 5.10 Å². The minimum absolute atomic E-state index is 0.209.